The molecule has 0 radical (unpaired) electrons. The van der Waals surface area contributed by atoms with Gasteiger partial charge in [0.2, 0.25) is 0 Å². The van der Waals surface area contributed by atoms with Crippen molar-refractivity contribution in [3.05, 3.63) is 63.1 Å². The predicted octanol–water partition coefficient (Wildman–Crippen LogP) is 5.56. The molecule has 156 valence electrons. The Bertz CT molecular complexity index is 1080. The van der Waals surface area contributed by atoms with Gasteiger partial charge in [-0.05, 0) is 55.8 Å². The smallest absolute Gasteiger partial charge is 0.250 e. The van der Waals surface area contributed by atoms with Crippen molar-refractivity contribution in [1.29, 1.82) is 0 Å². The van der Waals surface area contributed by atoms with Gasteiger partial charge in [-0.3, -0.25) is 4.79 Å². The molecule has 1 aromatic heterocycles. The summed E-state index contributed by atoms with van der Waals surface area (Å²) in [5.74, 6) is 0.625. The minimum Gasteiger partial charge on any atom is -0.302 e. The maximum Gasteiger partial charge on any atom is 0.250 e. The van der Waals surface area contributed by atoms with Gasteiger partial charge in [-0.2, -0.15) is 5.10 Å². The highest BCUT2D eigenvalue weighted by Crippen LogP contribution is 2.25. The monoisotopic (exact) mass is 481 g/mol. The Labute approximate surface area is 193 Å². The lowest BCUT2D eigenvalue weighted by atomic mass is 10.1. The minimum absolute atomic E-state index is 0.150. The molecule has 0 atom stereocenters. The molecular formula is C20H18Cl3N5OS. The number of hydrogen-bond donors (Lipinski definition) is 1. The predicted molar refractivity (Wildman–Crippen MR) is 124 cm³/mol. The summed E-state index contributed by atoms with van der Waals surface area (Å²) >= 11 is 19.2. The molecule has 0 saturated heterocycles. The zero-order chi connectivity index (χ0) is 21.7. The van der Waals surface area contributed by atoms with E-state index in [1.807, 2.05) is 23.6 Å². The highest BCUT2D eigenvalue weighted by molar-refractivity contribution is 7.99. The lowest BCUT2D eigenvalue weighted by Gasteiger charge is -2.07. The fourth-order valence-corrected chi connectivity index (χ4v) is 3.81. The average Bonchev–Trinajstić information content (AvgIpc) is 3.15. The Morgan fingerprint density at radius 3 is 2.50 bits per heavy atom. The normalized spacial score (nSPS) is 11.6. The number of hydrogen-bond acceptors (Lipinski definition) is 5. The molecule has 0 unspecified atom stereocenters. The quantitative estimate of drug-likeness (QED) is 0.272. The SMILES string of the molecule is CCn1c(SCC(=O)NN=C(C)c2ccc(Cl)c(Cl)c2)nnc1-c1ccc(Cl)cc1. The van der Waals surface area contributed by atoms with E-state index < -0.39 is 0 Å². The Morgan fingerprint density at radius 1 is 1.10 bits per heavy atom. The topological polar surface area (TPSA) is 72.2 Å². The van der Waals surface area contributed by atoms with Gasteiger partial charge in [-0.1, -0.05) is 52.6 Å². The van der Waals surface area contributed by atoms with Gasteiger partial charge in [0.15, 0.2) is 11.0 Å². The summed E-state index contributed by atoms with van der Waals surface area (Å²) in [6.07, 6.45) is 0. The average molecular weight is 483 g/mol. The highest BCUT2D eigenvalue weighted by Gasteiger charge is 2.14. The zero-order valence-corrected chi connectivity index (χ0v) is 19.3. The van der Waals surface area contributed by atoms with E-state index in [-0.39, 0.29) is 11.7 Å². The first kappa shape index (κ1) is 22.6. The van der Waals surface area contributed by atoms with Crippen LogP contribution in [0.25, 0.3) is 11.4 Å². The van der Waals surface area contributed by atoms with Crippen LogP contribution < -0.4 is 5.43 Å². The molecule has 30 heavy (non-hydrogen) atoms. The maximum absolute atomic E-state index is 12.2. The van der Waals surface area contributed by atoms with Crippen molar-refractivity contribution in [2.75, 3.05) is 5.75 Å². The molecule has 0 bridgehead atoms. The molecular weight excluding hydrogens is 465 g/mol. The number of halogens is 3. The van der Waals surface area contributed by atoms with Crippen molar-refractivity contribution in [3.8, 4) is 11.4 Å². The number of thioether (sulfide) groups is 1. The van der Waals surface area contributed by atoms with Gasteiger partial charge in [0.1, 0.15) is 0 Å². The number of carbonyl (C=O) groups excluding carboxylic acids is 1. The van der Waals surface area contributed by atoms with Crippen LogP contribution in [0.1, 0.15) is 19.4 Å². The Balaban J connectivity index is 1.63. The molecule has 0 spiro atoms. The van der Waals surface area contributed by atoms with Gasteiger partial charge >= 0.3 is 0 Å². The number of nitrogens with zero attached hydrogens (tertiary/aromatic N) is 4. The Hall–Kier alpha value is -2.06. The van der Waals surface area contributed by atoms with Crippen LogP contribution in [-0.2, 0) is 11.3 Å². The molecule has 0 fully saturated rings. The van der Waals surface area contributed by atoms with Crippen molar-refractivity contribution < 1.29 is 4.79 Å². The standard InChI is InChI=1S/C20H18Cl3N5OS/c1-3-28-19(13-4-7-15(21)8-5-13)26-27-20(28)30-11-18(29)25-24-12(2)14-6-9-16(22)17(23)10-14/h4-10H,3,11H2,1-2H3,(H,25,29). The van der Waals surface area contributed by atoms with Crippen LogP contribution in [0.5, 0.6) is 0 Å². The Morgan fingerprint density at radius 2 is 1.83 bits per heavy atom. The number of hydrazone groups is 1. The van der Waals surface area contributed by atoms with E-state index in [1.165, 1.54) is 11.8 Å². The van der Waals surface area contributed by atoms with Gasteiger partial charge in [-0.15, -0.1) is 10.2 Å². The molecule has 0 aliphatic rings. The maximum atomic E-state index is 12.2. The van der Waals surface area contributed by atoms with Crippen LogP contribution in [0.4, 0.5) is 0 Å². The van der Waals surface area contributed by atoms with E-state index in [0.29, 0.717) is 32.5 Å². The van der Waals surface area contributed by atoms with Gasteiger partial charge in [0, 0.05) is 17.1 Å². The van der Waals surface area contributed by atoms with Gasteiger partial charge in [0.25, 0.3) is 5.91 Å². The molecule has 3 aromatic rings. The van der Waals surface area contributed by atoms with Crippen LogP contribution in [0.3, 0.4) is 0 Å². The molecule has 10 heteroatoms. The third-order valence-electron chi connectivity index (χ3n) is 4.15. The van der Waals surface area contributed by atoms with E-state index >= 15 is 0 Å². The van der Waals surface area contributed by atoms with E-state index in [0.717, 1.165) is 17.0 Å². The number of rotatable bonds is 7. The third-order valence-corrected chi connectivity index (χ3v) is 6.11. The van der Waals surface area contributed by atoms with Gasteiger partial charge < -0.3 is 4.57 Å². The molecule has 0 aliphatic heterocycles. The molecule has 6 nitrogen and oxygen atoms in total. The van der Waals surface area contributed by atoms with E-state index in [4.69, 9.17) is 34.8 Å². The summed E-state index contributed by atoms with van der Waals surface area (Å²) < 4.78 is 1.95. The number of amides is 1. The van der Waals surface area contributed by atoms with Crippen molar-refractivity contribution in [2.45, 2.75) is 25.5 Å². The fraction of sp³-hybridized carbons (Fsp3) is 0.200. The molecule has 1 heterocycles. The number of carbonyl (C=O) groups is 1. The third kappa shape index (κ3) is 5.55. The second-order valence-electron chi connectivity index (χ2n) is 6.21. The summed E-state index contributed by atoms with van der Waals surface area (Å²) in [5.41, 5.74) is 4.85. The lowest BCUT2D eigenvalue weighted by molar-refractivity contribution is -0.118. The summed E-state index contributed by atoms with van der Waals surface area (Å²) in [4.78, 5) is 12.2. The summed E-state index contributed by atoms with van der Waals surface area (Å²) in [7, 11) is 0. The first-order valence-electron chi connectivity index (χ1n) is 8.99. The summed E-state index contributed by atoms with van der Waals surface area (Å²) in [5, 5.41) is 14.8. The van der Waals surface area contributed by atoms with Crippen LogP contribution in [0.2, 0.25) is 15.1 Å². The first-order chi connectivity index (χ1) is 14.4. The van der Waals surface area contributed by atoms with Crippen LogP contribution in [0, 0.1) is 0 Å². The summed E-state index contributed by atoms with van der Waals surface area (Å²) in [6.45, 7) is 4.44. The molecule has 2 aromatic carbocycles. The lowest BCUT2D eigenvalue weighted by Crippen LogP contribution is -2.21. The number of aromatic nitrogens is 3. The van der Waals surface area contributed by atoms with E-state index in [2.05, 4.69) is 20.7 Å². The van der Waals surface area contributed by atoms with Crippen LogP contribution in [-0.4, -0.2) is 32.1 Å². The van der Waals surface area contributed by atoms with Crippen molar-refractivity contribution in [2.24, 2.45) is 5.10 Å². The molecule has 0 saturated carbocycles. The van der Waals surface area contributed by atoms with Crippen molar-refractivity contribution in [1.82, 2.24) is 20.2 Å². The molecule has 3 rings (SSSR count). The molecule has 0 aliphatic carbocycles. The number of nitrogens with one attached hydrogen (secondary N) is 1. The summed E-state index contributed by atoms with van der Waals surface area (Å²) in [6, 6.07) is 12.6. The van der Waals surface area contributed by atoms with Crippen LogP contribution in [0.15, 0.2) is 52.7 Å². The zero-order valence-electron chi connectivity index (χ0n) is 16.2. The minimum atomic E-state index is -0.252. The highest BCUT2D eigenvalue weighted by atomic mass is 35.5. The second-order valence-corrected chi connectivity index (χ2v) is 8.40. The largest absolute Gasteiger partial charge is 0.302 e. The van der Waals surface area contributed by atoms with E-state index in [9.17, 15) is 4.79 Å². The second kappa shape index (κ2) is 10.3. The fourth-order valence-electron chi connectivity index (χ4n) is 2.59. The molecule has 1 N–H and O–H groups in total. The number of benzene rings is 2. The van der Waals surface area contributed by atoms with Gasteiger partial charge in [-0.25, -0.2) is 5.43 Å². The first-order valence-corrected chi connectivity index (χ1v) is 11.1. The van der Waals surface area contributed by atoms with E-state index in [1.54, 1.807) is 37.3 Å². The van der Waals surface area contributed by atoms with Crippen molar-refractivity contribution in [3.63, 3.8) is 0 Å². The van der Waals surface area contributed by atoms with Crippen LogP contribution >= 0.6 is 46.6 Å². The van der Waals surface area contributed by atoms with Crippen molar-refractivity contribution >= 4 is 58.2 Å². The molecule has 1 amide bonds. The van der Waals surface area contributed by atoms with Gasteiger partial charge in [0.05, 0.1) is 21.5 Å². The Kier molecular flexibility index (Phi) is 7.77.